The Morgan fingerprint density at radius 1 is 1.00 bits per heavy atom. The van der Waals surface area contributed by atoms with Crippen LogP contribution in [-0.2, 0) is 0 Å². The van der Waals surface area contributed by atoms with Crippen molar-refractivity contribution < 1.29 is 4.74 Å². The molecule has 0 aliphatic carbocycles. The Kier molecular flexibility index (Phi) is 4.97. The van der Waals surface area contributed by atoms with Crippen LogP contribution in [0.3, 0.4) is 0 Å². The van der Waals surface area contributed by atoms with Crippen LogP contribution in [0.4, 0.5) is 0 Å². The molecular formula is C18H20N2O. The first kappa shape index (κ1) is 15.1. The lowest BCUT2D eigenvalue weighted by Crippen LogP contribution is -2.22. The topological polar surface area (TPSA) is 45.0 Å². The lowest BCUT2D eigenvalue weighted by Gasteiger charge is -2.21. The number of hydrogen-bond donors (Lipinski definition) is 1. The number of rotatable bonds is 5. The number of methoxy groups -OCH3 is 1. The zero-order valence-electron chi connectivity index (χ0n) is 12.6. The lowest BCUT2D eigenvalue weighted by molar-refractivity contribution is 0.414. The molecule has 0 amide bonds. The van der Waals surface area contributed by atoms with Crippen molar-refractivity contribution in [1.82, 2.24) is 5.32 Å². The van der Waals surface area contributed by atoms with Crippen LogP contribution < -0.4 is 10.1 Å². The normalized spacial score (nSPS) is 13.2. The number of nitrogens with zero attached hydrogens (tertiary/aromatic N) is 1. The van der Waals surface area contributed by atoms with Gasteiger partial charge in [0, 0.05) is 12.1 Å². The van der Waals surface area contributed by atoms with Gasteiger partial charge in [0.15, 0.2) is 0 Å². The molecule has 0 bridgehead atoms. The Balaban J connectivity index is 2.07. The van der Waals surface area contributed by atoms with Gasteiger partial charge in [0.2, 0.25) is 0 Å². The van der Waals surface area contributed by atoms with Crippen LogP contribution in [-0.4, -0.2) is 7.11 Å². The van der Waals surface area contributed by atoms with Crippen molar-refractivity contribution in [3.05, 3.63) is 65.2 Å². The molecule has 2 unspecified atom stereocenters. The summed E-state index contributed by atoms with van der Waals surface area (Å²) in [7, 11) is 1.67. The van der Waals surface area contributed by atoms with Crippen LogP contribution in [0.15, 0.2) is 48.5 Å². The molecule has 0 spiro atoms. The molecule has 2 aromatic carbocycles. The molecule has 0 radical (unpaired) electrons. The van der Waals surface area contributed by atoms with Crippen LogP contribution in [0.5, 0.6) is 5.75 Å². The standard InChI is InChI=1S/C18H20N2O/c1-13(16-7-9-18(21-3)10-8-16)20-14(2)17-6-4-5-15(11-17)12-19/h4-11,13-14,20H,1-3H3. The van der Waals surface area contributed by atoms with Gasteiger partial charge < -0.3 is 10.1 Å². The molecule has 0 fully saturated rings. The summed E-state index contributed by atoms with van der Waals surface area (Å²) in [6.07, 6.45) is 0. The Hall–Kier alpha value is -2.31. The smallest absolute Gasteiger partial charge is 0.118 e. The average molecular weight is 280 g/mol. The summed E-state index contributed by atoms with van der Waals surface area (Å²) >= 11 is 0. The fourth-order valence-electron chi connectivity index (χ4n) is 2.34. The third-order valence-electron chi connectivity index (χ3n) is 3.63. The largest absolute Gasteiger partial charge is 0.497 e. The molecule has 0 saturated heterocycles. The van der Waals surface area contributed by atoms with Gasteiger partial charge in [0.1, 0.15) is 5.75 Å². The second-order valence-corrected chi connectivity index (χ2v) is 5.12. The van der Waals surface area contributed by atoms with Gasteiger partial charge in [-0.05, 0) is 49.2 Å². The number of ether oxygens (including phenoxy) is 1. The minimum absolute atomic E-state index is 0.176. The van der Waals surface area contributed by atoms with E-state index in [1.54, 1.807) is 7.11 Å². The van der Waals surface area contributed by atoms with Crippen LogP contribution in [0.2, 0.25) is 0 Å². The Morgan fingerprint density at radius 2 is 1.67 bits per heavy atom. The molecule has 1 N–H and O–H groups in total. The Labute approximate surface area is 126 Å². The van der Waals surface area contributed by atoms with E-state index in [0.29, 0.717) is 5.56 Å². The predicted molar refractivity (Wildman–Crippen MR) is 84.1 cm³/mol. The summed E-state index contributed by atoms with van der Waals surface area (Å²) < 4.78 is 5.17. The highest BCUT2D eigenvalue weighted by atomic mass is 16.5. The van der Waals surface area contributed by atoms with E-state index in [0.717, 1.165) is 11.3 Å². The molecule has 2 rings (SSSR count). The highest BCUT2D eigenvalue weighted by Gasteiger charge is 2.11. The van der Waals surface area contributed by atoms with Crippen molar-refractivity contribution in [2.24, 2.45) is 0 Å². The van der Waals surface area contributed by atoms with Crippen molar-refractivity contribution in [1.29, 1.82) is 5.26 Å². The molecule has 3 nitrogen and oxygen atoms in total. The van der Waals surface area contributed by atoms with Crippen molar-refractivity contribution in [2.45, 2.75) is 25.9 Å². The van der Waals surface area contributed by atoms with Crippen molar-refractivity contribution in [3.8, 4) is 11.8 Å². The highest BCUT2D eigenvalue weighted by molar-refractivity contribution is 5.34. The minimum atomic E-state index is 0.176. The van der Waals surface area contributed by atoms with E-state index in [-0.39, 0.29) is 12.1 Å². The summed E-state index contributed by atoms with van der Waals surface area (Å²) in [5.41, 5.74) is 3.02. The third kappa shape index (κ3) is 3.84. The van der Waals surface area contributed by atoms with E-state index in [4.69, 9.17) is 10.00 Å². The molecule has 3 heteroatoms. The van der Waals surface area contributed by atoms with E-state index in [9.17, 15) is 0 Å². The first-order valence-corrected chi connectivity index (χ1v) is 7.04. The zero-order chi connectivity index (χ0) is 15.2. The van der Waals surface area contributed by atoms with Crippen LogP contribution in [0.1, 0.15) is 42.6 Å². The van der Waals surface area contributed by atoms with Gasteiger partial charge in [-0.2, -0.15) is 5.26 Å². The molecular weight excluding hydrogens is 260 g/mol. The monoisotopic (exact) mass is 280 g/mol. The summed E-state index contributed by atoms with van der Waals surface area (Å²) in [4.78, 5) is 0. The predicted octanol–water partition coefficient (Wildman–Crippen LogP) is 3.98. The van der Waals surface area contributed by atoms with Crippen molar-refractivity contribution >= 4 is 0 Å². The van der Waals surface area contributed by atoms with E-state index in [1.165, 1.54) is 5.56 Å². The van der Waals surface area contributed by atoms with Gasteiger partial charge >= 0.3 is 0 Å². The fraction of sp³-hybridized carbons (Fsp3) is 0.278. The first-order valence-electron chi connectivity index (χ1n) is 7.04. The summed E-state index contributed by atoms with van der Waals surface area (Å²) in [6, 6.07) is 18.3. The van der Waals surface area contributed by atoms with Gasteiger partial charge in [0.05, 0.1) is 18.7 Å². The Bertz CT molecular complexity index is 628. The third-order valence-corrected chi connectivity index (χ3v) is 3.63. The zero-order valence-corrected chi connectivity index (χ0v) is 12.6. The van der Waals surface area contributed by atoms with Crippen LogP contribution >= 0.6 is 0 Å². The van der Waals surface area contributed by atoms with Crippen LogP contribution in [0, 0.1) is 11.3 Å². The van der Waals surface area contributed by atoms with Gasteiger partial charge in [-0.3, -0.25) is 0 Å². The van der Waals surface area contributed by atoms with E-state index in [1.807, 2.05) is 36.4 Å². The van der Waals surface area contributed by atoms with E-state index in [2.05, 4.69) is 37.4 Å². The molecule has 2 atom stereocenters. The number of nitrogens with one attached hydrogen (secondary N) is 1. The molecule has 0 aliphatic heterocycles. The second kappa shape index (κ2) is 6.92. The molecule has 0 aliphatic rings. The average Bonchev–Trinajstić information content (AvgIpc) is 2.54. The number of nitriles is 1. The second-order valence-electron chi connectivity index (χ2n) is 5.12. The quantitative estimate of drug-likeness (QED) is 0.901. The molecule has 0 saturated carbocycles. The lowest BCUT2D eigenvalue weighted by atomic mass is 10.0. The SMILES string of the molecule is COc1ccc(C(C)NC(C)c2cccc(C#N)c2)cc1. The maximum Gasteiger partial charge on any atom is 0.118 e. The van der Waals surface area contributed by atoms with Gasteiger partial charge in [-0.1, -0.05) is 24.3 Å². The summed E-state index contributed by atoms with van der Waals surface area (Å²) in [5, 5.41) is 12.5. The van der Waals surface area contributed by atoms with Crippen LogP contribution in [0.25, 0.3) is 0 Å². The van der Waals surface area contributed by atoms with Gasteiger partial charge in [-0.15, -0.1) is 0 Å². The van der Waals surface area contributed by atoms with E-state index >= 15 is 0 Å². The molecule has 0 heterocycles. The highest BCUT2D eigenvalue weighted by Crippen LogP contribution is 2.21. The summed E-state index contributed by atoms with van der Waals surface area (Å²) in [6.45, 7) is 4.24. The molecule has 108 valence electrons. The van der Waals surface area contributed by atoms with Crippen molar-refractivity contribution in [3.63, 3.8) is 0 Å². The first-order chi connectivity index (χ1) is 10.1. The Morgan fingerprint density at radius 3 is 2.29 bits per heavy atom. The molecule has 21 heavy (non-hydrogen) atoms. The maximum atomic E-state index is 8.97. The number of benzene rings is 2. The van der Waals surface area contributed by atoms with Crippen molar-refractivity contribution in [2.75, 3.05) is 7.11 Å². The fourth-order valence-corrected chi connectivity index (χ4v) is 2.34. The number of hydrogen-bond acceptors (Lipinski definition) is 3. The molecule has 0 aromatic heterocycles. The van der Waals surface area contributed by atoms with Gasteiger partial charge in [0.25, 0.3) is 0 Å². The minimum Gasteiger partial charge on any atom is -0.497 e. The van der Waals surface area contributed by atoms with Gasteiger partial charge in [-0.25, -0.2) is 0 Å². The maximum absolute atomic E-state index is 8.97. The summed E-state index contributed by atoms with van der Waals surface area (Å²) in [5.74, 6) is 0.862. The molecule has 2 aromatic rings. The van der Waals surface area contributed by atoms with E-state index < -0.39 is 0 Å².